The minimum atomic E-state index is 0.0679. The fourth-order valence-corrected chi connectivity index (χ4v) is 2.71. The monoisotopic (exact) mass is 284 g/mol. The van der Waals surface area contributed by atoms with E-state index in [2.05, 4.69) is 22.0 Å². The Morgan fingerprint density at radius 1 is 1.19 bits per heavy atom. The zero-order chi connectivity index (χ0) is 14.7. The van der Waals surface area contributed by atoms with E-state index < -0.39 is 0 Å². The topological polar surface area (TPSA) is 52.2 Å². The number of nitrogens with one attached hydrogen (secondary N) is 1. The van der Waals surface area contributed by atoms with Gasteiger partial charge in [0.25, 0.3) is 5.91 Å². The summed E-state index contributed by atoms with van der Waals surface area (Å²) in [6, 6.07) is 9.86. The lowest BCUT2D eigenvalue weighted by Gasteiger charge is -2.34. The van der Waals surface area contributed by atoms with Gasteiger partial charge in [-0.15, -0.1) is 0 Å². The molecule has 1 N–H and O–H groups in total. The summed E-state index contributed by atoms with van der Waals surface area (Å²) in [6.45, 7) is 6.66. The zero-order valence-corrected chi connectivity index (χ0v) is 12.2. The summed E-state index contributed by atoms with van der Waals surface area (Å²) in [4.78, 5) is 17.0. The first-order chi connectivity index (χ1) is 10.3. The van der Waals surface area contributed by atoms with E-state index in [1.807, 2.05) is 35.2 Å². The van der Waals surface area contributed by atoms with E-state index in [-0.39, 0.29) is 5.91 Å². The summed E-state index contributed by atoms with van der Waals surface area (Å²) in [7, 11) is 0. The molecule has 2 heterocycles. The van der Waals surface area contributed by atoms with Crippen molar-refractivity contribution in [3.8, 4) is 11.3 Å². The molecule has 5 heteroatoms. The second kappa shape index (κ2) is 6.10. The van der Waals surface area contributed by atoms with Crippen molar-refractivity contribution in [1.82, 2.24) is 20.0 Å². The van der Waals surface area contributed by atoms with Crippen molar-refractivity contribution in [3.63, 3.8) is 0 Å². The van der Waals surface area contributed by atoms with Gasteiger partial charge in [0.05, 0.1) is 17.5 Å². The van der Waals surface area contributed by atoms with Crippen LogP contribution in [0.15, 0.2) is 36.5 Å². The maximum Gasteiger partial charge on any atom is 0.257 e. The number of aromatic amines is 1. The van der Waals surface area contributed by atoms with Gasteiger partial charge in [0.2, 0.25) is 0 Å². The fourth-order valence-electron chi connectivity index (χ4n) is 2.71. The van der Waals surface area contributed by atoms with Gasteiger partial charge in [-0.2, -0.15) is 5.10 Å². The molecular weight excluding hydrogens is 264 g/mol. The van der Waals surface area contributed by atoms with Crippen LogP contribution in [0, 0.1) is 0 Å². The highest BCUT2D eigenvalue weighted by Crippen LogP contribution is 2.22. The lowest BCUT2D eigenvalue weighted by molar-refractivity contribution is 0.0644. The molecule has 1 amide bonds. The Hall–Kier alpha value is -2.14. The molecule has 1 fully saturated rings. The highest BCUT2D eigenvalue weighted by molar-refractivity contribution is 5.99. The molecule has 0 saturated carbocycles. The van der Waals surface area contributed by atoms with Crippen molar-refractivity contribution in [1.29, 1.82) is 0 Å². The highest BCUT2D eigenvalue weighted by Gasteiger charge is 2.24. The third-order valence-corrected chi connectivity index (χ3v) is 4.04. The predicted octanol–water partition coefficient (Wildman–Crippen LogP) is 1.85. The molecule has 0 atom stereocenters. The van der Waals surface area contributed by atoms with Crippen LogP contribution >= 0.6 is 0 Å². The Morgan fingerprint density at radius 3 is 2.57 bits per heavy atom. The van der Waals surface area contributed by atoms with Gasteiger partial charge in [0.1, 0.15) is 0 Å². The number of hydrogen-bond donors (Lipinski definition) is 1. The number of amides is 1. The smallest absolute Gasteiger partial charge is 0.257 e. The van der Waals surface area contributed by atoms with Gasteiger partial charge in [-0.25, -0.2) is 0 Å². The summed E-state index contributed by atoms with van der Waals surface area (Å²) in [6.07, 6.45) is 1.64. The summed E-state index contributed by atoms with van der Waals surface area (Å²) in [5, 5.41) is 7.02. The second-order valence-electron chi connectivity index (χ2n) is 5.25. The summed E-state index contributed by atoms with van der Waals surface area (Å²) in [5.41, 5.74) is 2.45. The number of H-pyrrole nitrogens is 1. The molecule has 1 aliphatic heterocycles. The van der Waals surface area contributed by atoms with Crippen molar-refractivity contribution >= 4 is 5.91 Å². The molecule has 110 valence electrons. The van der Waals surface area contributed by atoms with Gasteiger partial charge in [-0.3, -0.25) is 9.89 Å². The Balaban J connectivity index is 1.79. The van der Waals surface area contributed by atoms with Crippen molar-refractivity contribution in [2.24, 2.45) is 0 Å². The van der Waals surface area contributed by atoms with Crippen LogP contribution in [-0.4, -0.2) is 58.6 Å². The number of aromatic nitrogens is 2. The highest BCUT2D eigenvalue weighted by atomic mass is 16.2. The molecule has 0 bridgehead atoms. The molecule has 1 aromatic carbocycles. The first kappa shape index (κ1) is 13.8. The molecule has 0 radical (unpaired) electrons. The van der Waals surface area contributed by atoms with E-state index in [9.17, 15) is 4.79 Å². The third-order valence-electron chi connectivity index (χ3n) is 4.04. The van der Waals surface area contributed by atoms with Crippen LogP contribution in [0.4, 0.5) is 0 Å². The number of benzene rings is 1. The van der Waals surface area contributed by atoms with Gasteiger partial charge >= 0.3 is 0 Å². The Labute approximate surface area is 124 Å². The van der Waals surface area contributed by atoms with Crippen molar-refractivity contribution in [2.45, 2.75) is 6.92 Å². The maximum atomic E-state index is 12.7. The van der Waals surface area contributed by atoms with Crippen LogP contribution in [-0.2, 0) is 0 Å². The maximum absolute atomic E-state index is 12.7. The van der Waals surface area contributed by atoms with Crippen LogP contribution in [0.1, 0.15) is 17.3 Å². The summed E-state index contributed by atoms with van der Waals surface area (Å²) >= 11 is 0. The van der Waals surface area contributed by atoms with Crippen LogP contribution in [0.5, 0.6) is 0 Å². The van der Waals surface area contributed by atoms with Crippen LogP contribution in [0.2, 0.25) is 0 Å². The van der Waals surface area contributed by atoms with Gasteiger partial charge in [0, 0.05) is 31.7 Å². The molecule has 2 aromatic rings. The molecule has 1 aromatic heterocycles. The van der Waals surface area contributed by atoms with Crippen LogP contribution in [0.25, 0.3) is 11.3 Å². The average Bonchev–Trinajstić information content (AvgIpc) is 3.04. The van der Waals surface area contributed by atoms with Crippen molar-refractivity contribution in [2.75, 3.05) is 32.7 Å². The Kier molecular flexibility index (Phi) is 4.01. The largest absolute Gasteiger partial charge is 0.336 e. The van der Waals surface area contributed by atoms with E-state index in [0.29, 0.717) is 5.56 Å². The number of likely N-dealkylation sites (N-methyl/N-ethyl adjacent to an activating group) is 1. The van der Waals surface area contributed by atoms with Crippen LogP contribution in [0.3, 0.4) is 0 Å². The van der Waals surface area contributed by atoms with E-state index in [1.165, 1.54) is 0 Å². The molecule has 1 aliphatic rings. The molecular formula is C16H20N4O. The Morgan fingerprint density at radius 2 is 1.90 bits per heavy atom. The minimum Gasteiger partial charge on any atom is -0.336 e. The molecule has 5 nitrogen and oxygen atoms in total. The van der Waals surface area contributed by atoms with E-state index >= 15 is 0 Å². The number of rotatable bonds is 3. The number of piperazine rings is 1. The fraction of sp³-hybridized carbons (Fsp3) is 0.375. The van der Waals surface area contributed by atoms with Gasteiger partial charge in [-0.05, 0) is 6.54 Å². The first-order valence-corrected chi connectivity index (χ1v) is 7.40. The van der Waals surface area contributed by atoms with E-state index in [0.717, 1.165) is 44.0 Å². The van der Waals surface area contributed by atoms with Crippen molar-refractivity contribution in [3.05, 3.63) is 42.1 Å². The van der Waals surface area contributed by atoms with Crippen LogP contribution < -0.4 is 0 Å². The summed E-state index contributed by atoms with van der Waals surface area (Å²) in [5.74, 6) is 0.0679. The molecule has 0 spiro atoms. The number of carbonyl (C=O) groups is 1. The quantitative estimate of drug-likeness (QED) is 0.936. The second-order valence-corrected chi connectivity index (χ2v) is 5.25. The van der Waals surface area contributed by atoms with Gasteiger partial charge < -0.3 is 9.80 Å². The third kappa shape index (κ3) is 2.83. The molecule has 1 saturated heterocycles. The molecule has 21 heavy (non-hydrogen) atoms. The number of carbonyl (C=O) groups excluding carboxylic acids is 1. The predicted molar refractivity (Wildman–Crippen MR) is 82.0 cm³/mol. The standard InChI is InChI=1S/C16H20N4O/c1-2-19-8-10-20(11-9-19)16(21)14-12-17-18-15(14)13-6-4-3-5-7-13/h3-7,12H,2,8-11H2,1H3,(H,17,18). The van der Waals surface area contributed by atoms with E-state index in [1.54, 1.807) is 6.20 Å². The van der Waals surface area contributed by atoms with E-state index in [4.69, 9.17) is 0 Å². The molecule has 0 aliphatic carbocycles. The number of hydrogen-bond acceptors (Lipinski definition) is 3. The first-order valence-electron chi connectivity index (χ1n) is 7.40. The zero-order valence-electron chi connectivity index (χ0n) is 12.2. The van der Waals surface area contributed by atoms with Crippen molar-refractivity contribution < 1.29 is 4.79 Å². The normalized spacial score (nSPS) is 16.1. The lowest BCUT2D eigenvalue weighted by Crippen LogP contribution is -2.48. The minimum absolute atomic E-state index is 0.0679. The SMILES string of the molecule is CCN1CCN(C(=O)c2cn[nH]c2-c2ccccc2)CC1. The Bertz CT molecular complexity index is 600. The van der Waals surface area contributed by atoms with Gasteiger partial charge in [0.15, 0.2) is 0 Å². The summed E-state index contributed by atoms with van der Waals surface area (Å²) < 4.78 is 0. The van der Waals surface area contributed by atoms with Gasteiger partial charge in [-0.1, -0.05) is 37.3 Å². The molecule has 0 unspecified atom stereocenters. The number of nitrogens with zero attached hydrogens (tertiary/aromatic N) is 3. The lowest BCUT2D eigenvalue weighted by atomic mass is 10.1. The average molecular weight is 284 g/mol. The molecule has 3 rings (SSSR count).